The summed E-state index contributed by atoms with van der Waals surface area (Å²) in [4.78, 5) is 4.42. The van der Waals surface area contributed by atoms with E-state index in [-0.39, 0.29) is 0 Å². The van der Waals surface area contributed by atoms with Crippen molar-refractivity contribution in [3.05, 3.63) is 34.4 Å². The van der Waals surface area contributed by atoms with Gasteiger partial charge in [-0.25, -0.2) is 0 Å². The average molecular weight is 279 g/mol. The third kappa shape index (κ3) is 2.05. The zero-order chi connectivity index (χ0) is 11.5. The van der Waals surface area contributed by atoms with E-state index in [2.05, 4.69) is 52.2 Å². The van der Waals surface area contributed by atoms with E-state index in [1.807, 2.05) is 12.3 Å². The predicted molar refractivity (Wildman–Crippen MR) is 73.0 cm³/mol. The molecular weight excluding hydrogens is 264 g/mol. The van der Waals surface area contributed by atoms with Gasteiger partial charge in [0.1, 0.15) is 0 Å². The molecule has 2 aromatic rings. The lowest BCUT2D eigenvalue weighted by Crippen LogP contribution is -2.00. The van der Waals surface area contributed by atoms with Crippen LogP contribution < -0.4 is 5.32 Å². The molecule has 0 fully saturated rings. The Bertz CT molecular complexity index is 509. The first kappa shape index (κ1) is 11.4. The van der Waals surface area contributed by atoms with Crippen molar-refractivity contribution in [3.8, 4) is 0 Å². The number of rotatable bonds is 3. The Balaban J connectivity index is 2.56. The summed E-state index contributed by atoms with van der Waals surface area (Å²) >= 11 is 3.59. The van der Waals surface area contributed by atoms with E-state index in [0.29, 0.717) is 0 Å². The van der Waals surface area contributed by atoms with Crippen LogP contribution in [-0.4, -0.2) is 11.5 Å². The molecule has 84 valence electrons. The first-order chi connectivity index (χ1) is 7.74. The highest BCUT2D eigenvalue weighted by Crippen LogP contribution is 2.29. The number of pyridine rings is 1. The van der Waals surface area contributed by atoms with Gasteiger partial charge in [0.15, 0.2) is 0 Å². The standard InChI is InChI=1S/C13H15BrN2/c1-3-7-15-11-6-8-16-13-10(11)5-4-9(2)12(13)14/h4-6,8H,3,7H2,1-2H3,(H,15,16). The minimum absolute atomic E-state index is 0.991. The average Bonchev–Trinajstić information content (AvgIpc) is 2.31. The second kappa shape index (κ2) is 4.83. The number of anilines is 1. The number of fused-ring (bicyclic) bond motifs is 1. The van der Waals surface area contributed by atoms with Crippen LogP contribution in [0.2, 0.25) is 0 Å². The molecule has 1 N–H and O–H groups in total. The van der Waals surface area contributed by atoms with Crippen molar-refractivity contribution in [3.63, 3.8) is 0 Å². The topological polar surface area (TPSA) is 24.9 Å². The molecule has 0 aliphatic carbocycles. The molecule has 0 bridgehead atoms. The van der Waals surface area contributed by atoms with Gasteiger partial charge in [-0.3, -0.25) is 4.98 Å². The molecule has 0 spiro atoms. The fraction of sp³-hybridized carbons (Fsp3) is 0.308. The van der Waals surface area contributed by atoms with Gasteiger partial charge in [0.2, 0.25) is 0 Å². The maximum atomic E-state index is 4.42. The molecule has 0 aliphatic heterocycles. The number of hydrogen-bond donors (Lipinski definition) is 1. The van der Waals surface area contributed by atoms with Gasteiger partial charge in [-0.15, -0.1) is 0 Å². The Morgan fingerprint density at radius 1 is 1.31 bits per heavy atom. The molecule has 1 aromatic heterocycles. The summed E-state index contributed by atoms with van der Waals surface area (Å²) < 4.78 is 1.09. The summed E-state index contributed by atoms with van der Waals surface area (Å²) in [5.41, 5.74) is 3.40. The van der Waals surface area contributed by atoms with E-state index < -0.39 is 0 Å². The molecule has 3 heteroatoms. The van der Waals surface area contributed by atoms with E-state index >= 15 is 0 Å². The van der Waals surface area contributed by atoms with E-state index in [9.17, 15) is 0 Å². The number of benzene rings is 1. The Hall–Kier alpha value is -1.09. The van der Waals surface area contributed by atoms with Crippen molar-refractivity contribution >= 4 is 32.5 Å². The summed E-state index contributed by atoms with van der Waals surface area (Å²) in [5, 5.41) is 4.60. The molecule has 0 radical (unpaired) electrons. The molecule has 0 saturated carbocycles. The molecule has 16 heavy (non-hydrogen) atoms. The molecule has 0 saturated heterocycles. The minimum atomic E-state index is 0.991. The second-order valence-electron chi connectivity index (χ2n) is 3.88. The van der Waals surface area contributed by atoms with Crippen molar-refractivity contribution in [1.29, 1.82) is 0 Å². The molecular formula is C13H15BrN2. The van der Waals surface area contributed by atoms with Crippen molar-refractivity contribution < 1.29 is 0 Å². The van der Waals surface area contributed by atoms with E-state index in [1.54, 1.807) is 0 Å². The van der Waals surface area contributed by atoms with Gasteiger partial charge in [0, 0.05) is 28.3 Å². The van der Waals surface area contributed by atoms with Crippen LogP contribution in [0.15, 0.2) is 28.9 Å². The third-order valence-electron chi connectivity index (χ3n) is 2.61. The Morgan fingerprint density at radius 3 is 2.88 bits per heavy atom. The van der Waals surface area contributed by atoms with Crippen molar-refractivity contribution in [1.82, 2.24) is 4.98 Å². The highest BCUT2D eigenvalue weighted by atomic mass is 79.9. The summed E-state index contributed by atoms with van der Waals surface area (Å²) in [6.45, 7) is 5.23. The number of nitrogens with zero attached hydrogens (tertiary/aromatic N) is 1. The molecule has 1 aromatic carbocycles. The number of hydrogen-bond acceptors (Lipinski definition) is 2. The number of aromatic nitrogens is 1. The smallest absolute Gasteiger partial charge is 0.0867 e. The van der Waals surface area contributed by atoms with Crippen LogP contribution in [0.25, 0.3) is 10.9 Å². The number of halogens is 1. The lowest BCUT2D eigenvalue weighted by Gasteiger charge is -2.10. The Labute approximate surface area is 104 Å². The summed E-state index contributed by atoms with van der Waals surface area (Å²) in [6.07, 6.45) is 2.97. The molecule has 2 rings (SSSR count). The quantitative estimate of drug-likeness (QED) is 0.913. The largest absolute Gasteiger partial charge is 0.384 e. The third-order valence-corrected chi connectivity index (χ3v) is 3.61. The van der Waals surface area contributed by atoms with Gasteiger partial charge in [0.05, 0.1) is 5.52 Å². The first-order valence-electron chi connectivity index (χ1n) is 5.51. The second-order valence-corrected chi connectivity index (χ2v) is 4.67. The van der Waals surface area contributed by atoms with E-state index in [4.69, 9.17) is 0 Å². The molecule has 2 nitrogen and oxygen atoms in total. The van der Waals surface area contributed by atoms with Gasteiger partial charge in [0.25, 0.3) is 0 Å². The van der Waals surface area contributed by atoms with Crippen LogP contribution in [-0.2, 0) is 0 Å². The van der Waals surface area contributed by atoms with Gasteiger partial charge < -0.3 is 5.32 Å². The molecule has 0 amide bonds. The SMILES string of the molecule is CCCNc1ccnc2c(Br)c(C)ccc12. The van der Waals surface area contributed by atoms with Crippen molar-refractivity contribution in [2.75, 3.05) is 11.9 Å². The Kier molecular flexibility index (Phi) is 3.44. The van der Waals surface area contributed by atoms with Gasteiger partial charge in [-0.05, 0) is 40.9 Å². The molecule has 1 heterocycles. The molecule has 0 atom stereocenters. The van der Waals surface area contributed by atoms with E-state index in [0.717, 1.165) is 28.6 Å². The summed E-state index contributed by atoms with van der Waals surface area (Å²) in [6, 6.07) is 6.27. The summed E-state index contributed by atoms with van der Waals surface area (Å²) in [5.74, 6) is 0. The predicted octanol–water partition coefficient (Wildman–Crippen LogP) is 4.13. The lowest BCUT2D eigenvalue weighted by molar-refractivity contribution is 0.981. The lowest BCUT2D eigenvalue weighted by atomic mass is 10.1. The monoisotopic (exact) mass is 278 g/mol. The highest BCUT2D eigenvalue weighted by Gasteiger charge is 2.06. The highest BCUT2D eigenvalue weighted by molar-refractivity contribution is 9.10. The summed E-state index contributed by atoms with van der Waals surface area (Å²) in [7, 11) is 0. The van der Waals surface area contributed by atoms with Gasteiger partial charge >= 0.3 is 0 Å². The number of nitrogens with one attached hydrogen (secondary N) is 1. The molecule has 0 unspecified atom stereocenters. The van der Waals surface area contributed by atoms with Crippen LogP contribution in [0, 0.1) is 6.92 Å². The normalized spacial score (nSPS) is 10.7. The van der Waals surface area contributed by atoms with Crippen LogP contribution in [0.3, 0.4) is 0 Å². The van der Waals surface area contributed by atoms with Crippen LogP contribution >= 0.6 is 15.9 Å². The Morgan fingerprint density at radius 2 is 2.12 bits per heavy atom. The van der Waals surface area contributed by atoms with Crippen molar-refractivity contribution in [2.45, 2.75) is 20.3 Å². The molecule has 0 aliphatic rings. The zero-order valence-corrected chi connectivity index (χ0v) is 11.1. The van der Waals surface area contributed by atoms with Crippen LogP contribution in [0.4, 0.5) is 5.69 Å². The van der Waals surface area contributed by atoms with Crippen LogP contribution in [0.1, 0.15) is 18.9 Å². The van der Waals surface area contributed by atoms with E-state index in [1.165, 1.54) is 10.9 Å². The van der Waals surface area contributed by atoms with Gasteiger partial charge in [-0.2, -0.15) is 0 Å². The first-order valence-corrected chi connectivity index (χ1v) is 6.31. The number of aryl methyl sites for hydroxylation is 1. The zero-order valence-electron chi connectivity index (χ0n) is 9.55. The maximum absolute atomic E-state index is 4.42. The maximum Gasteiger partial charge on any atom is 0.0867 e. The fourth-order valence-corrected chi connectivity index (χ4v) is 2.15. The fourth-order valence-electron chi connectivity index (χ4n) is 1.70. The van der Waals surface area contributed by atoms with Gasteiger partial charge in [-0.1, -0.05) is 19.1 Å². The van der Waals surface area contributed by atoms with Crippen molar-refractivity contribution in [2.24, 2.45) is 0 Å². The van der Waals surface area contributed by atoms with Crippen LogP contribution in [0.5, 0.6) is 0 Å². The minimum Gasteiger partial charge on any atom is -0.384 e.